The highest BCUT2D eigenvalue weighted by Gasteiger charge is 2.42. The lowest BCUT2D eigenvalue weighted by Gasteiger charge is -2.32. The molecule has 7 nitrogen and oxygen atoms in total. The Balaban J connectivity index is 2.03. The van der Waals surface area contributed by atoms with E-state index in [1.54, 1.807) is 39.2 Å². The van der Waals surface area contributed by atoms with Crippen molar-refractivity contribution in [2.75, 3.05) is 20.7 Å². The molecule has 3 N–H and O–H groups in total. The van der Waals surface area contributed by atoms with Gasteiger partial charge in [-0.1, -0.05) is 17.7 Å². The van der Waals surface area contributed by atoms with Crippen LogP contribution in [0.4, 0.5) is 0 Å². The Hall–Kier alpha value is -3.16. The van der Waals surface area contributed by atoms with Crippen molar-refractivity contribution in [3.05, 3.63) is 59.4 Å². The van der Waals surface area contributed by atoms with Gasteiger partial charge in [-0.3, -0.25) is 4.79 Å². The topological polar surface area (TPSA) is 103 Å². The molecule has 0 fully saturated rings. The van der Waals surface area contributed by atoms with Crippen LogP contribution in [0.1, 0.15) is 21.7 Å². The van der Waals surface area contributed by atoms with Crippen LogP contribution >= 0.6 is 0 Å². The minimum Gasteiger partial charge on any atom is -0.460 e. The Bertz CT molecular complexity index is 1070. The zero-order chi connectivity index (χ0) is 21.3. The van der Waals surface area contributed by atoms with Crippen LogP contribution in [0.5, 0.6) is 11.5 Å². The normalized spacial score (nSPS) is 12.7. The first-order valence-electron chi connectivity index (χ1n) is 9.21. The number of carbonyl (C=O) groups excluding carboxylic acids is 2. The van der Waals surface area contributed by atoms with E-state index in [0.717, 1.165) is 5.56 Å². The Labute approximate surface area is 168 Å². The first kappa shape index (κ1) is 20.6. The van der Waals surface area contributed by atoms with Gasteiger partial charge in [-0.25, -0.2) is 9.28 Å². The Morgan fingerprint density at radius 1 is 1.10 bits per heavy atom. The number of primary amides is 1. The van der Waals surface area contributed by atoms with Gasteiger partial charge >= 0.3 is 5.91 Å². The van der Waals surface area contributed by atoms with Crippen molar-refractivity contribution in [2.24, 2.45) is 5.73 Å². The molecule has 1 heterocycles. The standard InChI is InChI=1S/C22H24N2O5/c1-13-5-7-15(8-6-13)29-16-9-10-19-17(11-16)20(14(2)28-19)22(27)24(3,4)18(12-25)21(23)26/h5-11,18,25H,12H2,1-4H3,(H-,23,26)/p+1. The monoisotopic (exact) mass is 397 g/mol. The van der Waals surface area contributed by atoms with Crippen LogP contribution in [0.3, 0.4) is 0 Å². The van der Waals surface area contributed by atoms with Crippen molar-refractivity contribution >= 4 is 22.8 Å². The molecule has 7 heteroatoms. The summed E-state index contributed by atoms with van der Waals surface area (Å²) in [7, 11) is 3.08. The molecule has 29 heavy (non-hydrogen) atoms. The zero-order valence-electron chi connectivity index (χ0n) is 16.9. The lowest BCUT2D eigenvalue weighted by Crippen LogP contribution is -2.60. The van der Waals surface area contributed by atoms with Crippen LogP contribution in [0.25, 0.3) is 11.0 Å². The quantitative estimate of drug-likeness (QED) is 0.623. The fraction of sp³-hybridized carbons (Fsp3) is 0.273. The molecular weight excluding hydrogens is 372 g/mol. The number of aryl methyl sites for hydroxylation is 2. The molecule has 0 spiro atoms. The minimum absolute atomic E-state index is 0.332. The predicted molar refractivity (Wildman–Crippen MR) is 109 cm³/mol. The lowest BCUT2D eigenvalue weighted by atomic mass is 10.1. The van der Waals surface area contributed by atoms with Gasteiger partial charge in [-0.15, -0.1) is 0 Å². The Kier molecular flexibility index (Phi) is 5.46. The van der Waals surface area contributed by atoms with Crippen molar-refractivity contribution in [2.45, 2.75) is 19.9 Å². The van der Waals surface area contributed by atoms with Gasteiger partial charge in [-0.05, 0) is 44.2 Å². The molecule has 0 aliphatic carbocycles. The van der Waals surface area contributed by atoms with Crippen molar-refractivity contribution < 1.29 is 28.3 Å². The Morgan fingerprint density at radius 3 is 2.31 bits per heavy atom. The number of aliphatic hydroxyl groups is 1. The number of aliphatic hydroxyl groups excluding tert-OH is 1. The summed E-state index contributed by atoms with van der Waals surface area (Å²) in [6.45, 7) is 3.14. The van der Waals surface area contributed by atoms with E-state index in [0.29, 0.717) is 33.8 Å². The van der Waals surface area contributed by atoms with E-state index in [4.69, 9.17) is 14.9 Å². The van der Waals surface area contributed by atoms with E-state index in [-0.39, 0.29) is 5.91 Å². The van der Waals surface area contributed by atoms with Crippen molar-refractivity contribution in [1.29, 1.82) is 0 Å². The number of hydrogen-bond donors (Lipinski definition) is 2. The van der Waals surface area contributed by atoms with Crippen LogP contribution in [0.15, 0.2) is 46.9 Å². The number of amides is 2. The van der Waals surface area contributed by atoms with Gasteiger partial charge < -0.3 is 20.0 Å². The summed E-state index contributed by atoms with van der Waals surface area (Å²) in [6, 6.07) is 11.8. The smallest absolute Gasteiger partial charge is 0.350 e. The van der Waals surface area contributed by atoms with Crippen LogP contribution in [-0.2, 0) is 4.79 Å². The summed E-state index contributed by atoms with van der Waals surface area (Å²) in [6.07, 6.45) is 0. The molecule has 3 aromatic rings. The molecular formula is C22H25N2O5+. The molecule has 3 rings (SSSR count). The molecule has 0 bridgehead atoms. The van der Waals surface area contributed by atoms with E-state index in [1.165, 1.54) is 0 Å². The third-order valence-electron chi connectivity index (χ3n) is 5.11. The summed E-state index contributed by atoms with van der Waals surface area (Å²) in [5.41, 5.74) is 7.37. The first-order valence-corrected chi connectivity index (χ1v) is 9.21. The average molecular weight is 397 g/mol. The molecule has 1 unspecified atom stereocenters. The largest absolute Gasteiger partial charge is 0.460 e. The number of nitrogens with two attached hydrogens (primary N) is 1. The van der Waals surface area contributed by atoms with Crippen molar-refractivity contribution in [1.82, 2.24) is 0 Å². The number of hydrogen-bond acceptors (Lipinski definition) is 5. The van der Waals surface area contributed by atoms with E-state index in [1.807, 2.05) is 31.2 Å². The summed E-state index contributed by atoms with van der Waals surface area (Å²) in [5.74, 6) is 0.513. The molecule has 1 atom stereocenters. The number of nitrogens with zero attached hydrogens (tertiary/aromatic N) is 1. The van der Waals surface area contributed by atoms with Crippen LogP contribution < -0.4 is 10.5 Å². The van der Waals surface area contributed by atoms with Gasteiger partial charge in [0.15, 0.2) is 6.04 Å². The SMILES string of the molecule is Cc1ccc(Oc2ccc3oc(C)c(C(=O)[N+](C)(C)C(CO)C(N)=O)c3c2)cc1. The average Bonchev–Trinajstić information content (AvgIpc) is 2.98. The van der Waals surface area contributed by atoms with Crippen molar-refractivity contribution in [3.8, 4) is 11.5 Å². The number of rotatable bonds is 6. The third-order valence-corrected chi connectivity index (χ3v) is 5.11. The van der Waals surface area contributed by atoms with E-state index in [2.05, 4.69) is 0 Å². The number of quaternary nitrogens is 1. The second kappa shape index (κ2) is 7.69. The molecule has 0 radical (unpaired) electrons. The zero-order valence-corrected chi connectivity index (χ0v) is 16.9. The van der Waals surface area contributed by atoms with Gasteiger partial charge in [0.25, 0.3) is 5.91 Å². The summed E-state index contributed by atoms with van der Waals surface area (Å²) in [5, 5.41) is 10.2. The highest BCUT2D eigenvalue weighted by molar-refractivity contribution is 6.05. The number of benzene rings is 2. The lowest BCUT2D eigenvalue weighted by molar-refractivity contribution is -0.825. The summed E-state index contributed by atoms with van der Waals surface area (Å²) in [4.78, 5) is 25.1. The van der Waals surface area contributed by atoms with E-state index in [9.17, 15) is 14.7 Å². The minimum atomic E-state index is -1.07. The van der Waals surface area contributed by atoms with Crippen LogP contribution in [0, 0.1) is 13.8 Å². The number of ether oxygens (including phenoxy) is 1. The van der Waals surface area contributed by atoms with Crippen LogP contribution in [0.2, 0.25) is 0 Å². The maximum absolute atomic E-state index is 13.3. The second-order valence-corrected chi connectivity index (χ2v) is 7.55. The Morgan fingerprint density at radius 2 is 1.72 bits per heavy atom. The number of fused-ring (bicyclic) bond motifs is 1. The predicted octanol–water partition coefficient (Wildman–Crippen LogP) is 2.90. The molecule has 2 amide bonds. The number of carbonyl (C=O) groups is 2. The van der Waals surface area contributed by atoms with Gasteiger partial charge in [0.1, 0.15) is 35.0 Å². The second-order valence-electron chi connectivity index (χ2n) is 7.55. The van der Waals surface area contributed by atoms with Gasteiger partial charge in [0.05, 0.1) is 14.1 Å². The van der Waals surface area contributed by atoms with E-state index >= 15 is 0 Å². The van der Waals surface area contributed by atoms with E-state index < -0.39 is 23.0 Å². The molecule has 0 saturated carbocycles. The molecule has 152 valence electrons. The first-order chi connectivity index (χ1) is 13.6. The van der Waals surface area contributed by atoms with Gasteiger partial charge in [0.2, 0.25) is 0 Å². The fourth-order valence-electron chi connectivity index (χ4n) is 3.31. The fourth-order valence-corrected chi connectivity index (χ4v) is 3.31. The van der Waals surface area contributed by atoms with Gasteiger partial charge in [0, 0.05) is 5.39 Å². The number of furan rings is 1. The maximum atomic E-state index is 13.3. The number of likely N-dealkylation sites (N-methyl/N-ethyl adjacent to an activating group) is 1. The highest BCUT2D eigenvalue weighted by atomic mass is 16.5. The summed E-state index contributed by atoms with van der Waals surface area (Å²) < 4.78 is 11.2. The molecule has 2 aromatic carbocycles. The van der Waals surface area contributed by atoms with Gasteiger partial charge in [-0.2, -0.15) is 0 Å². The molecule has 0 saturated heterocycles. The highest BCUT2D eigenvalue weighted by Crippen LogP contribution is 2.33. The third kappa shape index (κ3) is 3.87. The van der Waals surface area contributed by atoms with Crippen LogP contribution in [-0.4, -0.2) is 48.1 Å². The summed E-state index contributed by atoms with van der Waals surface area (Å²) >= 11 is 0. The maximum Gasteiger partial charge on any atom is 0.350 e. The molecule has 0 aliphatic heterocycles. The molecule has 0 aliphatic rings. The van der Waals surface area contributed by atoms with Crippen molar-refractivity contribution in [3.63, 3.8) is 0 Å². The molecule has 1 aromatic heterocycles.